The van der Waals surface area contributed by atoms with Gasteiger partial charge in [-0.1, -0.05) is 19.6 Å². The average molecular weight is 757 g/mol. The zero-order valence-electron chi connectivity index (χ0n) is 29.1. The molecule has 8 rings (SSSR count). The summed E-state index contributed by atoms with van der Waals surface area (Å²) in [6.07, 6.45) is 9.45. The number of hydrogen-bond acceptors (Lipinski definition) is 11. The van der Waals surface area contributed by atoms with Crippen LogP contribution in [0.1, 0.15) is 0 Å². The largest absolute Gasteiger partial charge is 0.361 e. The molecule has 0 radical (unpaired) electrons. The Kier molecular flexibility index (Phi) is 9.01. The monoisotopic (exact) mass is 756 g/mol. The quantitative estimate of drug-likeness (QED) is 0.152. The van der Waals surface area contributed by atoms with Crippen LogP contribution < -0.4 is 0 Å². The number of H-pyrrole nitrogens is 1. The van der Waals surface area contributed by atoms with Crippen LogP contribution in [0.15, 0.2) is 95.5 Å². The number of hydrogen-bond donors (Lipinski definition) is 1. The van der Waals surface area contributed by atoms with Gasteiger partial charge in [-0.15, -0.1) is 20.4 Å². The minimum absolute atomic E-state index is 0.270. The van der Waals surface area contributed by atoms with Gasteiger partial charge in [0.05, 0.1) is 20.6 Å². The van der Waals surface area contributed by atoms with E-state index in [9.17, 15) is 16.8 Å². The van der Waals surface area contributed by atoms with E-state index in [1.165, 1.54) is 12.5 Å². The minimum Gasteiger partial charge on any atom is -0.361 e. The molecule has 8 aromatic rings. The van der Waals surface area contributed by atoms with Crippen molar-refractivity contribution in [3.63, 3.8) is 0 Å². The zero-order valence-corrected chi connectivity index (χ0v) is 31.7. The van der Waals surface area contributed by atoms with Crippen molar-refractivity contribution >= 4 is 61.1 Å². The molecule has 0 bridgehead atoms. The fourth-order valence-corrected chi connectivity index (χ4v) is 7.59. The van der Waals surface area contributed by atoms with E-state index in [-0.39, 0.29) is 9.79 Å². The maximum atomic E-state index is 11.7. The fourth-order valence-electron chi connectivity index (χ4n) is 5.57. The van der Waals surface area contributed by atoms with E-state index in [0.29, 0.717) is 29.7 Å². The second-order valence-electron chi connectivity index (χ2n) is 13.6. The maximum Gasteiger partial charge on any atom is 0.175 e. The average Bonchev–Trinajstić information content (AvgIpc) is 3.90. The molecular weight excluding hydrogens is 721 g/mol. The molecule has 52 heavy (non-hydrogen) atoms. The highest BCUT2D eigenvalue weighted by atomic mass is 32.2. The number of nitrogens with zero attached hydrogens (tertiary/aromatic N) is 9. The predicted molar refractivity (Wildman–Crippen MR) is 200 cm³/mol. The maximum absolute atomic E-state index is 11.7. The van der Waals surface area contributed by atoms with Gasteiger partial charge in [0.2, 0.25) is 0 Å². The highest BCUT2D eigenvalue weighted by Crippen LogP contribution is 2.26. The molecule has 0 aliphatic rings. The third kappa shape index (κ3) is 7.09. The van der Waals surface area contributed by atoms with Crippen LogP contribution in [0.5, 0.6) is 0 Å². The molecule has 0 amide bonds. The summed E-state index contributed by atoms with van der Waals surface area (Å²) in [6.45, 7) is 8.19. The summed E-state index contributed by atoms with van der Waals surface area (Å²) in [5, 5.41) is 18.8. The van der Waals surface area contributed by atoms with Crippen LogP contribution >= 0.6 is 0 Å². The van der Waals surface area contributed by atoms with Crippen molar-refractivity contribution < 1.29 is 21.6 Å². The lowest BCUT2D eigenvalue weighted by atomic mass is 10.2. The van der Waals surface area contributed by atoms with Gasteiger partial charge >= 0.3 is 0 Å². The first-order valence-corrected chi connectivity index (χ1v) is 23.7. The normalized spacial score (nSPS) is 12.6. The van der Waals surface area contributed by atoms with E-state index in [4.69, 9.17) is 4.74 Å². The van der Waals surface area contributed by atoms with Gasteiger partial charge in [-0.2, -0.15) is 0 Å². The Balaban J connectivity index is 0.000000169. The Morgan fingerprint density at radius 3 is 1.75 bits per heavy atom. The molecule has 0 aliphatic heterocycles. The van der Waals surface area contributed by atoms with Crippen LogP contribution in [0, 0.1) is 0 Å². The van der Waals surface area contributed by atoms with E-state index in [1.807, 2.05) is 27.3 Å². The summed E-state index contributed by atoms with van der Waals surface area (Å²) in [7, 11) is -7.57. The van der Waals surface area contributed by atoms with Crippen molar-refractivity contribution in [1.29, 1.82) is 0 Å². The topological polar surface area (TPSA) is 184 Å². The molecule has 15 nitrogen and oxygen atoms in total. The summed E-state index contributed by atoms with van der Waals surface area (Å²) in [5.74, 6) is 1.23. The van der Waals surface area contributed by atoms with Crippen molar-refractivity contribution in [3.05, 3.63) is 85.7 Å². The molecule has 0 saturated heterocycles. The van der Waals surface area contributed by atoms with Gasteiger partial charge in [-0.25, -0.2) is 26.8 Å². The van der Waals surface area contributed by atoms with Crippen molar-refractivity contribution in [3.8, 4) is 22.8 Å². The first-order chi connectivity index (χ1) is 24.7. The number of rotatable bonds is 9. The third-order valence-electron chi connectivity index (χ3n) is 8.44. The van der Waals surface area contributed by atoms with E-state index in [2.05, 4.69) is 55.0 Å². The molecule has 6 heterocycles. The standard InChI is InChI=1S/C20H25N5O3SSi.C14H11N5O2S/c1-29(26,27)16-7-5-15(6-8-16)18-22-23-20-17-9-10-24(19(17)21-13-25(18)20)14-28-11-12-30(2,3)4;1-22(20,21)10-4-2-9(3-5-10)13-17-18-14-11-6-7-15-12(11)16-8-19(13)14/h5-10,13H,11-12,14H2,1-4H3;2-8,15H,1H3. The molecule has 0 unspecified atom stereocenters. The molecule has 268 valence electrons. The van der Waals surface area contributed by atoms with Crippen LogP contribution in [0.25, 0.3) is 56.1 Å². The van der Waals surface area contributed by atoms with Gasteiger partial charge in [-0.05, 0) is 66.7 Å². The zero-order chi connectivity index (χ0) is 36.8. The van der Waals surface area contributed by atoms with Crippen LogP contribution in [0.3, 0.4) is 0 Å². The van der Waals surface area contributed by atoms with Crippen LogP contribution in [-0.4, -0.2) is 92.7 Å². The Bertz CT molecular complexity index is 2780. The van der Waals surface area contributed by atoms with Gasteiger partial charge < -0.3 is 14.3 Å². The molecule has 1 N–H and O–H groups in total. The second-order valence-corrected chi connectivity index (χ2v) is 23.3. The van der Waals surface area contributed by atoms with E-state index >= 15 is 0 Å². The highest BCUT2D eigenvalue weighted by Gasteiger charge is 2.17. The molecule has 0 saturated carbocycles. The van der Waals surface area contributed by atoms with Crippen molar-refractivity contribution in [2.45, 2.75) is 42.2 Å². The first kappa shape index (κ1) is 35.1. The minimum atomic E-state index is -3.24. The molecule has 0 aliphatic carbocycles. The predicted octanol–water partition coefficient (Wildman–Crippen LogP) is 5.14. The number of ether oxygens (including phenoxy) is 1. The Morgan fingerprint density at radius 2 is 1.21 bits per heavy atom. The highest BCUT2D eigenvalue weighted by molar-refractivity contribution is 7.91. The Hall–Kier alpha value is -5.30. The van der Waals surface area contributed by atoms with Gasteiger partial charge in [-0.3, -0.25) is 8.80 Å². The molecule has 2 aromatic carbocycles. The lowest BCUT2D eigenvalue weighted by Crippen LogP contribution is -2.22. The second kappa shape index (κ2) is 13.3. The summed E-state index contributed by atoms with van der Waals surface area (Å²) < 4.78 is 57.8. The summed E-state index contributed by atoms with van der Waals surface area (Å²) >= 11 is 0. The number of aromatic amines is 1. The fraction of sp³-hybridized carbons (Fsp3) is 0.235. The molecule has 6 aromatic heterocycles. The van der Waals surface area contributed by atoms with Crippen molar-refractivity contribution in [2.24, 2.45) is 0 Å². The first-order valence-electron chi connectivity index (χ1n) is 16.2. The third-order valence-corrected chi connectivity index (χ3v) is 12.4. The van der Waals surface area contributed by atoms with Crippen LogP contribution in [0.2, 0.25) is 25.7 Å². The molecule has 0 atom stereocenters. The molecule has 0 fully saturated rings. The number of nitrogens with one attached hydrogen (secondary N) is 1. The number of aromatic nitrogens is 10. The van der Waals surface area contributed by atoms with Gasteiger partial charge in [0.1, 0.15) is 30.7 Å². The SMILES string of the molecule is CS(=O)(=O)c1ccc(-c2nnc3c4cc[nH]c4ncn23)cc1.C[Si](C)(C)CCOCn1ccc2c1ncn1c(-c3ccc(S(C)(=O)=O)cc3)nnc21. The Labute approximate surface area is 300 Å². The van der Waals surface area contributed by atoms with E-state index < -0.39 is 27.7 Å². The smallest absolute Gasteiger partial charge is 0.175 e. The number of benzene rings is 2. The number of sulfone groups is 2. The van der Waals surface area contributed by atoms with Gasteiger partial charge in [0, 0.05) is 50.7 Å². The van der Waals surface area contributed by atoms with E-state index in [1.54, 1.807) is 71.8 Å². The summed E-state index contributed by atoms with van der Waals surface area (Å²) in [6, 6.07) is 18.1. The summed E-state index contributed by atoms with van der Waals surface area (Å²) in [5.41, 5.74) is 4.49. The van der Waals surface area contributed by atoms with Crippen molar-refractivity contribution in [1.82, 2.24) is 48.7 Å². The van der Waals surface area contributed by atoms with Gasteiger partial charge in [0.15, 0.2) is 42.6 Å². The summed E-state index contributed by atoms with van der Waals surface area (Å²) in [4.78, 5) is 12.5. The molecule has 18 heteroatoms. The van der Waals surface area contributed by atoms with Crippen molar-refractivity contribution in [2.75, 3.05) is 19.1 Å². The Morgan fingerprint density at radius 1 is 0.673 bits per heavy atom. The molecular formula is C34H36N10O5S2Si. The lowest BCUT2D eigenvalue weighted by Gasteiger charge is -2.15. The van der Waals surface area contributed by atoms with Gasteiger partial charge in [0.25, 0.3) is 0 Å². The van der Waals surface area contributed by atoms with E-state index in [0.717, 1.165) is 45.8 Å². The number of fused-ring (bicyclic) bond motifs is 6. The van der Waals surface area contributed by atoms with Crippen LogP contribution in [-0.2, 0) is 31.1 Å². The van der Waals surface area contributed by atoms with Crippen LogP contribution in [0.4, 0.5) is 0 Å². The molecule has 0 spiro atoms. The lowest BCUT2D eigenvalue weighted by molar-refractivity contribution is 0.0899.